The molecular weight excluding hydrogens is 334 g/mol. The number of methoxy groups -OCH3 is 2. The standard InChI is InChI=1S/C20H27NO3S/c1-4-11-25-20-13-18(23-2)15(12-19(20)24-3)9-10-21-14-16-7-5-6-8-17(16)22/h5-8,12-13,21-22H,4,9-11,14H2,1-3H3. The number of hydrogen-bond donors (Lipinski definition) is 2. The second-order valence-electron chi connectivity index (χ2n) is 5.72. The van der Waals surface area contributed by atoms with Crippen LogP contribution in [0.4, 0.5) is 0 Å². The maximum Gasteiger partial charge on any atom is 0.132 e. The monoisotopic (exact) mass is 361 g/mol. The molecule has 4 nitrogen and oxygen atoms in total. The molecular formula is C20H27NO3S. The Morgan fingerprint density at radius 2 is 1.80 bits per heavy atom. The largest absolute Gasteiger partial charge is 0.508 e. The van der Waals surface area contributed by atoms with E-state index < -0.39 is 0 Å². The summed E-state index contributed by atoms with van der Waals surface area (Å²) >= 11 is 1.79. The first-order valence-electron chi connectivity index (χ1n) is 8.54. The van der Waals surface area contributed by atoms with Crippen molar-refractivity contribution in [1.29, 1.82) is 0 Å². The van der Waals surface area contributed by atoms with E-state index >= 15 is 0 Å². The number of aromatic hydroxyl groups is 1. The smallest absolute Gasteiger partial charge is 0.132 e. The van der Waals surface area contributed by atoms with E-state index in [9.17, 15) is 5.11 Å². The van der Waals surface area contributed by atoms with Crippen molar-refractivity contribution in [1.82, 2.24) is 5.32 Å². The van der Waals surface area contributed by atoms with Gasteiger partial charge in [0.25, 0.3) is 0 Å². The molecule has 0 saturated carbocycles. The topological polar surface area (TPSA) is 50.7 Å². The van der Waals surface area contributed by atoms with E-state index in [1.807, 2.05) is 18.2 Å². The molecule has 25 heavy (non-hydrogen) atoms. The average molecular weight is 362 g/mol. The van der Waals surface area contributed by atoms with Crippen LogP contribution in [0.2, 0.25) is 0 Å². The van der Waals surface area contributed by atoms with Gasteiger partial charge in [-0.3, -0.25) is 0 Å². The van der Waals surface area contributed by atoms with Gasteiger partial charge in [-0.15, -0.1) is 11.8 Å². The van der Waals surface area contributed by atoms with Crippen LogP contribution in [0.1, 0.15) is 24.5 Å². The molecule has 2 aromatic rings. The maximum absolute atomic E-state index is 9.80. The molecule has 5 heteroatoms. The maximum atomic E-state index is 9.80. The summed E-state index contributed by atoms with van der Waals surface area (Å²) in [5.74, 6) is 3.17. The van der Waals surface area contributed by atoms with Crippen LogP contribution < -0.4 is 14.8 Å². The lowest BCUT2D eigenvalue weighted by Crippen LogP contribution is -2.17. The zero-order chi connectivity index (χ0) is 18.1. The molecule has 0 fully saturated rings. The van der Waals surface area contributed by atoms with Gasteiger partial charge in [0, 0.05) is 12.1 Å². The summed E-state index contributed by atoms with van der Waals surface area (Å²) < 4.78 is 11.1. The highest BCUT2D eigenvalue weighted by molar-refractivity contribution is 7.99. The fourth-order valence-electron chi connectivity index (χ4n) is 2.56. The van der Waals surface area contributed by atoms with E-state index in [-0.39, 0.29) is 0 Å². The molecule has 0 radical (unpaired) electrons. The molecule has 136 valence electrons. The SMILES string of the molecule is CCCSc1cc(OC)c(CCNCc2ccccc2O)cc1OC. The molecule has 2 rings (SSSR count). The molecule has 0 bridgehead atoms. The fourth-order valence-corrected chi connectivity index (χ4v) is 3.46. The first kappa shape index (κ1) is 19.5. The summed E-state index contributed by atoms with van der Waals surface area (Å²) in [7, 11) is 3.41. The van der Waals surface area contributed by atoms with Crippen molar-refractivity contribution in [2.75, 3.05) is 26.5 Å². The Hall–Kier alpha value is -1.85. The van der Waals surface area contributed by atoms with Gasteiger partial charge in [-0.05, 0) is 48.9 Å². The Kier molecular flexibility index (Phi) is 7.95. The lowest BCUT2D eigenvalue weighted by Gasteiger charge is -2.15. The first-order chi connectivity index (χ1) is 12.2. The van der Waals surface area contributed by atoms with Gasteiger partial charge >= 0.3 is 0 Å². The Labute approximate surface area is 154 Å². The number of phenolic OH excluding ortho intramolecular Hbond substituents is 1. The average Bonchev–Trinajstić information content (AvgIpc) is 2.64. The second-order valence-corrected chi connectivity index (χ2v) is 6.86. The van der Waals surface area contributed by atoms with Crippen LogP contribution in [0.15, 0.2) is 41.3 Å². The van der Waals surface area contributed by atoms with Crippen LogP contribution in [0, 0.1) is 0 Å². The van der Waals surface area contributed by atoms with Gasteiger partial charge in [-0.1, -0.05) is 25.1 Å². The quantitative estimate of drug-likeness (QED) is 0.489. The number of phenols is 1. The van der Waals surface area contributed by atoms with Crippen LogP contribution in [0.25, 0.3) is 0 Å². The van der Waals surface area contributed by atoms with Crippen LogP contribution in [-0.4, -0.2) is 31.6 Å². The van der Waals surface area contributed by atoms with Crippen molar-refractivity contribution in [3.05, 3.63) is 47.5 Å². The molecule has 0 heterocycles. The molecule has 0 saturated heterocycles. The Morgan fingerprint density at radius 3 is 2.48 bits per heavy atom. The van der Waals surface area contributed by atoms with Crippen LogP contribution in [0.3, 0.4) is 0 Å². The minimum absolute atomic E-state index is 0.326. The molecule has 0 amide bonds. The Bertz CT molecular complexity index is 676. The summed E-state index contributed by atoms with van der Waals surface area (Å²) in [6.07, 6.45) is 1.94. The minimum Gasteiger partial charge on any atom is -0.508 e. The van der Waals surface area contributed by atoms with E-state index in [1.165, 1.54) is 0 Å². The molecule has 0 atom stereocenters. The third-order valence-corrected chi connectivity index (χ3v) is 5.15. The van der Waals surface area contributed by atoms with Crippen molar-refractivity contribution < 1.29 is 14.6 Å². The van der Waals surface area contributed by atoms with Gasteiger partial charge in [0.1, 0.15) is 17.2 Å². The number of rotatable bonds is 10. The lowest BCUT2D eigenvalue weighted by atomic mass is 10.1. The van der Waals surface area contributed by atoms with Crippen LogP contribution in [0.5, 0.6) is 17.2 Å². The third kappa shape index (κ3) is 5.58. The molecule has 2 aromatic carbocycles. The normalized spacial score (nSPS) is 10.7. The second kappa shape index (κ2) is 10.2. The highest BCUT2D eigenvalue weighted by atomic mass is 32.2. The lowest BCUT2D eigenvalue weighted by molar-refractivity contribution is 0.390. The van der Waals surface area contributed by atoms with E-state index in [2.05, 4.69) is 24.4 Å². The molecule has 0 unspecified atom stereocenters. The molecule has 0 aliphatic carbocycles. The number of ether oxygens (including phenoxy) is 2. The predicted molar refractivity (Wildman–Crippen MR) is 104 cm³/mol. The van der Waals surface area contributed by atoms with Crippen LogP contribution in [-0.2, 0) is 13.0 Å². The van der Waals surface area contributed by atoms with Gasteiger partial charge in [0.15, 0.2) is 0 Å². The number of nitrogens with one attached hydrogen (secondary N) is 1. The number of para-hydroxylation sites is 1. The Balaban J connectivity index is 1.99. The van der Waals surface area contributed by atoms with Gasteiger partial charge in [0.2, 0.25) is 0 Å². The summed E-state index contributed by atoms with van der Waals surface area (Å²) in [6, 6.07) is 11.5. The van der Waals surface area contributed by atoms with E-state index in [1.54, 1.807) is 32.0 Å². The van der Waals surface area contributed by atoms with Gasteiger partial charge < -0.3 is 19.9 Å². The number of benzene rings is 2. The highest BCUT2D eigenvalue weighted by Crippen LogP contribution is 2.36. The molecule has 0 aliphatic rings. The molecule has 2 N–H and O–H groups in total. The van der Waals surface area contributed by atoms with E-state index in [4.69, 9.17) is 9.47 Å². The highest BCUT2D eigenvalue weighted by Gasteiger charge is 2.11. The number of thioether (sulfide) groups is 1. The molecule has 0 spiro atoms. The number of hydrogen-bond acceptors (Lipinski definition) is 5. The van der Waals surface area contributed by atoms with Crippen LogP contribution >= 0.6 is 11.8 Å². The van der Waals surface area contributed by atoms with Gasteiger partial charge in [-0.2, -0.15) is 0 Å². The predicted octanol–water partition coefficient (Wildman–Crippen LogP) is 4.24. The van der Waals surface area contributed by atoms with Crippen molar-refractivity contribution in [3.63, 3.8) is 0 Å². The van der Waals surface area contributed by atoms with Crippen molar-refractivity contribution in [3.8, 4) is 17.2 Å². The van der Waals surface area contributed by atoms with Crippen molar-refractivity contribution in [2.24, 2.45) is 0 Å². The zero-order valence-electron chi connectivity index (χ0n) is 15.2. The Morgan fingerprint density at radius 1 is 1.04 bits per heavy atom. The summed E-state index contributed by atoms with van der Waals surface area (Å²) in [5.41, 5.74) is 2.02. The summed E-state index contributed by atoms with van der Waals surface area (Å²) in [5, 5.41) is 13.2. The summed E-state index contributed by atoms with van der Waals surface area (Å²) in [4.78, 5) is 1.12. The van der Waals surface area contributed by atoms with Gasteiger partial charge in [-0.25, -0.2) is 0 Å². The van der Waals surface area contributed by atoms with Gasteiger partial charge in [0.05, 0.1) is 19.1 Å². The van der Waals surface area contributed by atoms with Crippen molar-refractivity contribution in [2.45, 2.75) is 31.2 Å². The van der Waals surface area contributed by atoms with Crippen molar-refractivity contribution >= 4 is 11.8 Å². The van der Waals surface area contributed by atoms with E-state index in [0.717, 1.165) is 52.7 Å². The zero-order valence-corrected chi connectivity index (χ0v) is 16.0. The van der Waals surface area contributed by atoms with E-state index in [0.29, 0.717) is 12.3 Å². The fraction of sp³-hybridized carbons (Fsp3) is 0.400. The third-order valence-electron chi connectivity index (χ3n) is 3.91. The molecule has 0 aliphatic heterocycles. The molecule has 0 aromatic heterocycles. The summed E-state index contributed by atoms with van der Waals surface area (Å²) in [6.45, 7) is 3.59. The minimum atomic E-state index is 0.326. The first-order valence-corrected chi connectivity index (χ1v) is 9.53.